The molecule has 0 aliphatic heterocycles. The smallest absolute Gasteiger partial charge is 0.137 e. The van der Waals surface area contributed by atoms with E-state index in [4.69, 9.17) is 4.42 Å². The van der Waals surface area contributed by atoms with Crippen LogP contribution in [0.3, 0.4) is 0 Å². The Labute approximate surface area is 290 Å². The summed E-state index contributed by atoms with van der Waals surface area (Å²) in [5, 5.41) is 9.90. The van der Waals surface area contributed by atoms with Gasteiger partial charge >= 0.3 is 0 Å². The second-order valence-corrected chi connectivity index (χ2v) is 12.9. The van der Waals surface area contributed by atoms with Crippen LogP contribution < -0.4 is 4.90 Å². The van der Waals surface area contributed by atoms with Gasteiger partial charge in [-0.05, 0) is 85.4 Å². The normalized spacial score (nSPS) is 11.6. The van der Waals surface area contributed by atoms with Crippen LogP contribution in [0.2, 0.25) is 0 Å². The lowest BCUT2D eigenvalue weighted by molar-refractivity contribution is 0.669. The summed E-state index contributed by atoms with van der Waals surface area (Å²) in [5.74, 6) is 0. The van der Waals surface area contributed by atoms with Crippen molar-refractivity contribution in [3.8, 4) is 22.3 Å². The van der Waals surface area contributed by atoms with Crippen LogP contribution in [-0.4, -0.2) is 0 Å². The molecule has 0 amide bonds. The van der Waals surface area contributed by atoms with Gasteiger partial charge in [0, 0.05) is 33.8 Å². The SMILES string of the molecule is c1ccc(-c2ccccc2N(c2ccc(-c3cccc4c3ccc3c5ccccc5ccc43)cc2)c2ccc3c(c2)oc2ccccc23)cc1. The van der Waals surface area contributed by atoms with Gasteiger partial charge in [0.15, 0.2) is 0 Å². The molecule has 0 N–H and O–H groups in total. The zero-order chi connectivity index (χ0) is 33.0. The predicted octanol–water partition coefficient (Wildman–Crippen LogP) is 13.8. The minimum absolute atomic E-state index is 0.873. The lowest BCUT2D eigenvalue weighted by Crippen LogP contribution is -2.11. The van der Waals surface area contributed by atoms with E-state index in [1.54, 1.807) is 0 Å². The zero-order valence-corrected chi connectivity index (χ0v) is 27.3. The topological polar surface area (TPSA) is 16.4 Å². The summed E-state index contributed by atoms with van der Waals surface area (Å²) in [6, 6.07) is 67.5. The standard InChI is InChI=1S/C48H31NO/c1-2-11-32(12-3-1)39-15-6-8-19-46(39)49(36-26-28-45-44-16-7-9-20-47(44)50-48(45)31-36)35-24-21-34(22-25-35)38-17-10-18-40-41(38)29-30-42-37-14-5-4-13-33(37)23-27-43(40)42/h1-31H. The van der Waals surface area contributed by atoms with Crippen molar-refractivity contribution in [1.82, 2.24) is 0 Å². The third kappa shape index (κ3) is 4.57. The number of anilines is 3. The van der Waals surface area contributed by atoms with Crippen molar-refractivity contribution in [2.45, 2.75) is 0 Å². The molecule has 0 saturated heterocycles. The van der Waals surface area contributed by atoms with Crippen molar-refractivity contribution < 1.29 is 4.42 Å². The van der Waals surface area contributed by atoms with Crippen molar-refractivity contribution in [3.63, 3.8) is 0 Å². The van der Waals surface area contributed by atoms with E-state index in [1.165, 1.54) is 49.0 Å². The third-order valence-electron chi connectivity index (χ3n) is 10.1. The van der Waals surface area contributed by atoms with E-state index in [1.807, 2.05) is 12.1 Å². The number of hydrogen-bond donors (Lipinski definition) is 0. The van der Waals surface area contributed by atoms with Gasteiger partial charge in [-0.3, -0.25) is 0 Å². The van der Waals surface area contributed by atoms with Crippen LogP contribution in [0.1, 0.15) is 0 Å². The Morgan fingerprint density at radius 1 is 0.320 bits per heavy atom. The first-order chi connectivity index (χ1) is 24.8. The van der Waals surface area contributed by atoms with Crippen molar-refractivity contribution in [2.24, 2.45) is 0 Å². The Morgan fingerprint density at radius 2 is 0.900 bits per heavy atom. The number of nitrogens with zero attached hydrogens (tertiary/aromatic N) is 1. The monoisotopic (exact) mass is 637 g/mol. The zero-order valence-electron chi connectivity index (χ0n) is 27.3. The Hall–Kier alpha value is -6.64. The fourth-order valence-corrected chi connectivity index (χ4v) is 7.71. The Morgan fingerprint density at radius 3 is 1.80 bits per heavy atom. The molecular weight excluding hydrogens is 607 g/mol. The largest absolute Gasteiger partial charge is 0.456 e. The van der Waals surface area contributed by atoms with Crippen LogP contribution in [0.4, 0.5) is 17.1 Å². The molecular formula is C48H31NO. The summed E-state index contributed by atoms with van der Waals surface area (Å²) in [7, 11) is 0. The summed E-state index contributed by atoms with van der Waals surface area (Å²) in [5.41, 5.74) is 9.73. The maximum absolute atomic E-state index is 6.38. The molecule has 0 unspecified atom stereocenters. The van der Waals surface area contributed by atoms with Crippen molar-refractivity contribution in [1.29, 1.82) is 0 Å². The third-order valence-corrected chi connectivity index (χ3v) is 10.1. The Kier molecular flexibility index (Phi) is 6.53. The lowest BCUT2D eigenvalue weighted by Gasteiger charge is -2.28. The first-order valence-electron chi connectivity index (χ1n) is 17.1. The van der Waals surface area contributed by atoms with E-state index >= 15 is 0 Å². The molecule has 0 bridgehead atoms. The van der Waals surface area contributed by atoms with Gasteiger partial charge in [-0.15, -0.1) is 0 Å². The van der Waals surface area contributed by atoms with Gasteiger partial charge in [0.1, 0.15) is 11.2 Å². The highest BCUT2D eigenvalue weighted by Gasteiger charge is 2.19. The van der Waals surface area contributed by atoms with Gasteiger partial charge < -0.3 is 9.32 Å². The van der Waals surface area contributed by atoms with Crippen molar-refractivity contribution in [3.05, 3.63) is 188 Å². The first-order valence-corrected chi connectivity index (χ1v) is 17.1. The van der Waals surface area contributed by atoms with E-state index in [2.05, 4.69) is 181 Å². The minimum atomic E-state index is 0.873. The highest BCUT2D eigenvalue weighted by Crippen LogP contribution is 2.43. The Bertz CT molecular complexity index is 2870. The highest BCUT2D eigenvalue weighted by atomic mass is 16.3. The molecule has 0 saturated carbocycles. The van der Waals surface area contributed by atoms with Crippen LogP contribution in [0.25, 0.3) is 76.5 Å². The Balaban J connectivity index is 1.13. The molecule has 0 fully saturated rings. The molecule has 10 rings (SSSR count). The van der Waals surface area contributed by atoms with Gasteiger partial charge in [-0.2, -0.15) is 0 Å². The van der Waals surface area contributed by atoms with Crippen LogP contribution in [0, 0.1) is 0 Å². The summed E-state index contributed by atoms with van der Waals surface area (Å²) < 4.78 is 6.38. The van der Waals surface area contributed by atoms with E-state index in [9.17, 15) is 0 Å². The number of para-hydroxylation sites is 2. The number of fused-ring (bicyclic) bond motifs is 8. The quantitative estimate of drug-likeness (QED) is 0.175. The first kappa shape index (κ1) is 28.4. The molecule has 50 heavy (non-hydrogen) atoms. The van der Waals surface area contributed by atoms with E-state index in [0.29, 0.717) is 0 Å². The van der Waals surface area contributed by atoms with Crippen molar-refractivity contribution >= 4 is 71.3 Å². The van der Waals surface area contributed by atoms with Gasteiger partial charge in [-0.1, -0.05) is 146 Å². The average Bonchev–Trinajstić information content (AvgIpc) is 3.56. The summed E-state index contributed by atoms with van der Waals surface area (Å²) in [6.45, 7) is 0. The number of benzene rings is 9. The second kappa shape index (κ2) is 11.5. The number of rotatable bonds is 5. The average molecular weight is 638 g/mol. The summed E-state index contributed by atoms with van der Waals surface area (Å²) in [4.78, 5) is 2.35. The van der Waals surface area contributed by atoms with Gasteiger partial charge in [-0.25, -0.2) is 0 Å². The lowest BCUT2D eigenvalue weighted by atomic mass is 9.92. The van der Waals surface area contributed by atoms with Gasteiger partial charge in [0.05, 0.1) is 5.69 Å². The molecule has 0 aliphatic rings. The minimum Gasteiger partial charge on any atom is -0.456 e. The van der Waals surface area contributed by atoms with Crippen molar-refractivity contribution in [2.75, 3.05) is 4.90 Å². The molecule has 0 aliphatic carbocycles. The van der Waals surface area contributed by atoms with Crippen LogP contribution >= 0.6 is 0 Å². The van der Waals surface area contributed by atoms with Gasteiger partial charge in [0.2, 0.25) is 0 Å². The molecule has 1 heterocycles. The molecule has 234 valence electrons. The highest BCUT2D eigenvalue weighted by molar-refractivity contribution is 6.19. The fourth-order valence-electron chi connectivity index (χ4n) is 7.71. The molecule has 2 heteroatoms. The predicted molar refractivity (Wildman–Crippen MR) is 212 cm³/mol. The van der Waals surface area contributed by atoms with E-state index in [0.717, 1.165) is 44.6 Å². The molecule has 10 aromatic rings. The van der Waals surface area contributed by atoms with Gasteiger partial charge in [0.25, 0.3) is 0 Å². The van der Waals surface area contributed by atoms with Crippen LogP contribution in [0.5, 0.6) is 0 Å². The fraction of sp³-hybridized carbons (Fsp3) is 0. The van der Waals surface area contributed by atoms with Crippen LogP contribution in [-0.2, 0) is 0 Å². The summed E-state index contributed by atoms with van der Waals surface area (Å²) in [6.07, 6.45) is 0. The molecule has 0 spiro atoms. The number of hydrogen-bond acceptors (Lipinski definition) is 2. The van der Waals surface area contributed by atoms with E-state index < -0.39 is 0 Å². The maximum atomic E-state index is 6.38. The maximum Gasteiger partial charge on any atom is 0.137 e. The molecule has 9 aromatic carbocycles. The molecule has 1 aromatic heterocycles. The summed E-state index contributed by atoms with van der Waals surface area (Å²) >= 11 is 0. The molecule has 0 radical (unpaired) electrons. The second-order valence-electron chi connectivity index (χ2n) is 12.9. The molecule has 2 nitrogen and oxygen atoms in total. The molecule has 0 atom stereocenters. The van der Waals surface area contributed by atoms with Crippen LogP contribution in [0.15, 0.2) is 192 Å². The number of furan rings is 1. The van der Waals surface area contributed by atoms with E-state index in [-0.39, 0.29) is 0 Å².